The Bertz CT molecular complexity index is 966. The summed E-state index contributed by atoms with van der Waals surface area (Å²) in [7, 11) is 3.16. The van der Waals surface area contributed by atoms with Gasteiger partial charge in [0.05, 0.1) is 19.2 Å². The van der Waals surface area contributed by atoms with Crippen molar-refractivity contribution in [2.24, 2.45) is 0 Å². The number of nitrogens with zero attached hydrogens (tertiary/aromatic N) is 2. The highest BCUT2D eigenvalue weighted by Gasteiger charge is 2.21. The van der Waals surface area contributed by atoms with E-state index < -0.39 is 0 Å². The van der Waals surface area contributed by atoms with E-state index in [0.717, 1.165) is 11.3 Å². The maximum atomic E-state index is 12.7. The lowest BCUT2D eigenvalue weighted by atomic mass is 10.2. The molecule has 0 radical (unpaired) electrons. The van der Waals surface area contributed by atoms with E-state index in [1.807, 2.05) is 24.3 Å². The fraction of sp³-hybridized carbons (Fsp3) is 0.250. The molecule has 0 spiro atoms. The molecule has 2 aromatic heterocycles. The maximum Gasteiger partial charge on any atom is 0.287 e. The molecule has 8 nitrogen and oxygen atoms in total. The van der Waals surface area contributed by atoms with E-state index in [2.05, 4.69) is 15.6 Å². The average Bonchev–Trinajstić information content (AvgIpc) is 3.12. The van der Waals surface area contributed by atoms with Gasteiger partial charge in [0.2, 0.25) is 5.82 Å². The van der Waals surface area contributed by atoms with Crippen LogP contribution in [0.25, 0.3) is 5.52 Å². The summed E-state index contributed by atoms with van der Waals surface area (Å²) in [6.07, 6.45) is 1.70. The zero-order valence-electron chi connectivity index (χ0n) is 15.8. The Kier molecular flexibility index (Phi) is 6.23. The van der Waals surface area contributed by atoms with E-state index in [9.17, 15) is 9.59 Å². The minimum Gasteiger partial charge on any atom is -0.497 e. The summed E-state index contributed by atoms with van der Waals surface area (Å²) >= 11 is 0. The smallest absolute Gasteiger partial charge is 0.287 e. The number of benzene rings is 1. The fourth-order valence-corrected chi connectivity index (χ4v) is 2.72. The summed E-state index contributed by atoms with van der Waals surface area (Å²) in [4.78, 5) is 29.4. The minimum absolute atomic E-state index is 0.154. The lowest BCUT2D eigenvalue weighted by Crippen LogP contribution is -2.29. The Hall–Kier alpha value is -3.39. The standard InChI is InChI=1S/C20H22N4O4/c1-27-12-10-21-20(26)18-23-17(16-5-3-4-11-24(16)18)19(25)22-13-14-6-8-15(28-2)9-7-14/h3-9,11H,10,12-13H2,1-2H3,(H,21,26)(H,22,25). The van der Waals surface area contributed by atoms with Crippen LogP contribution in [0.5, 0.6) is 5.75 Å². The van der Waals surface area contributed by atoms with Crippen molar-refractivity contribution in [2.75, 3.05) is 27.4 Å². The third-order valence-electron chi connectivity index (χ3n) is 4.17. The molecule has 2 N–H and O–H groups in total. The van der Waals surface area contributed by atoms with Crippen molar-refractivity contribution in [1.82, 2.24) is 20.0 Å². The second kappa shape index (κ2) is 9.01. The lowest BCUT2D eigenvalue weighted by molar-refractivity contribution is 0.0926. The van der Waals surface area contributed by atoms with Gasteiger partial charge in [0.15, 0.2) is 5.69 Å². The van der Waals surface area contributed by atoms with Gasteiger partial charge < -0.3 is 20.1 Å². The molecule has 0 saturated carbocycles. The van der Waals surface area contributed by atoms with Gasteiger partial charge >= 0.3 is 0 Å². The van der Waals surface area contributed by atoms with Crippen LogP contribution in [-0.2, 0) is 11.3 Å². The molecule has 0 aliphatic rings. The third-order valence-corrected chi connectivity index (χ3v) is 4.17. The fourth-order valence-electron chi connectivity index (χ4n) is 2.72. The Morgan fingerprint density at radius 3 is 2.54 bits per heavy atom. The number of carbonyl (C=O) groups excluding carboxylic acids is 2. The second-order valence-electron chi connectivity index (χ2n) is 6.02. The summed E-state index contributed by atoms with van der Waals surface area (Å²) in [6, 6.07) is 12.7. The molecule has 28 heavy (non-hydrogen) atoms. The molecule has 0 fully saturated rings. The largest absolute Gasteiger partial charge is 0.497 e. The highest BCUT2D eigenvalue weighted by atomic mass is 16.5. The zero-order chi connectivity index (χ0) is 19.9. The van der Waals surface area contributed by atoms with Crippen LogP contribution in [0.2, 0.25) is 0 Å². The third kappa shape index (κ3) is 4.29. The number of hydrogen-bond acceptors (Lipinski definition) is 5. The van der Waals surface area contributed by atoms with Gasteiger partial charge in [-0.15, -0.1) is 0 Å². The number of amides is 2. The molecule has 2 amide bonds. The van der Waals surface area contributed by atoms with Gasteiger partial charge in [0.1, 0.15) is 5.75 Å². The maximum absolute atomic E-state index is 12.7. The molecule has 0 unspecified atom stereocenters. The second-order valence-corrected chi connectivity index (χ2v) is 6.02. The van der Waals surface area contributed by atoms with Crippen LogP contribution in [0, 0.1) is 0 Å². The molecule has 0 atom stereocenters. The Morgan fingerprint density at radius 2 is 1.82 bits per heavy atom. The number of methoxy groups -OCH3 is 2. The number of nitrogens with one attached hydrogen (secondary N) is 2. The minimum atomic E-state index is -0.368. The molecular formula is C20H22N4O4. The van der Waals surface area contributed by atoms with E-state index >= 15 is 0 Å². The monoisotopic (exact) mass is 382 g/mol. The quantitative estimate of drug-likeness (QED) is 0.578. The van der Waals surface area contributed by atoms with Gasteiger partial charge in [-0.1, -0.05) is 18.2 Å². The van der Waals surface area contributed by atoms with Crippen molar-refractivity contribution < 1.29 is 19.1 Å². The van der Waals surface area contributed by atoms with Crippen LogP contribution in [0.4, 0.5) is 0 Å². The first-order chi connectivity index (χ1) is 13.6. The predicted octanol–water partition coefficient (Wildman–Crippen LogP) is 1.65. The molecule has 0 aliphatic heterocycles. The molecule has 2 heterocycles. The van der Waals surface area contributed by atoms with Crippen LogP contribution in [-0.4, -0.2) is 48.6 Å². The SMILES string of the molecule is COCCNC(=O)c1nc(C(=O)NCc2ccc(OC)cc2)c2ccccn12. The summed E-state index contributed by atoms with van der Waals surface area (Å²) < 4.78 is 11.7. The number of imidazole rings is 1. The van der Waals surface area contributed by atoms with Crippen LogP contribution in [0.1, 0.15) is 26.7 Å². The van der Waals surface area contributed by atoms with Crippen molar-refractivity contribution in [3.63, 3.8) is 0 Å². The van der Waals surface area contributed by atoms with Crippen molar-refractivity contribution in [2.45, 2.75) is 6.54 Å². The summed E-state index contributed by atoms with van der Waals surface area (Å²) in [5.41, 5.74) is 1.69. The normalized spacial score (nSPS) is 10.6. The Balaban J connectivity index is 1.77. The number of ether oxygens (including phenoxy) is 2. The van der Waals surface area contributed by atoms with Gasteiger partial charge in [-0.2, -0.15) is 0 Å². The molecule has 8 heteroatoms. The number of fused-ring (bicyclic) bond motifs is 1. The molecule has 3 aromatic rings. The number of pyridine rings is 1. The van der Waals surface area contributed by atoms with Crippen LogP contribution < -0.4 is 15.4 Å². The number of rotatable bonds is 8. The summed E-state index contributed by atoms with van der Waals surface area (Å²) in [5, 5.41) is 5.56. The average molecular weight is 382 g/mol. The number of aromatic nitrogens is 2. The predicted molar refractivity (Wildman–Crippen MR) is 104 cm³/mol. The first-order valence-corrected chi connectivity index (χ1v) is 8.79. The topological polar surface area (TPSA) is 94.0 Å². The first-order valence-electron chi connectivity index (χ1n) is 8.79. The van der Waals surface area contributed by atoms with E-state index in [4.69, 9.17) is 9.47 Å². The van der Waals surface area contributed by atoms with Crippen molar-refractivity contribution in [3.8, 4) is 5.75 Å². The molecule has 0 bridgehead atoms. The molecule has 1 aromatic carbocycles. The lowest BCUT2D eigenvalue weighted by Gasteiger charge is -2.05. The molecule has 146 valence electrons. The highest BCUT2D eigenvalue weighted by Crippen LogP contribution is 2.14. The van der Waals surface area contributed by atoms with Crippen LogP contribution >= 0.6 is 0 Å². The zero-order valence-corrected chi connectivity index (χ0v) is 15.8. The molecule has 3 rings (SSSR count). The highest BCUT2D eigenvalue weighted by molar-refractivity contribution is 6.02. The summed E-state index contributed by atoms with van der Waals surface area (Å²) in [6.45, 7) is 1.09. The molecular weight excluding hydrogens is 360 g/mol. The van der Waals surface area contributed by atoms with Gasteiger partial charge in [-0.25, -0.2) is 4.98 Å². The number of hydrogen-bond donors (Lipinski definition) is 2. The van der Waals surface area contributed by atoms with E-state index in [1.165, 1.54) is 0 Å². The van der Waals surface area contributed by atoms with Gasteiger partial charge in [-0.05, 0) is 29.8 Å². The van der Waals surface area contributed by atoms with E-state index in [-0.39, 0.29) is 23.3 Å². The van der Waals surface area contributed by atoms with Crippen molar-refractivity contribution >= 4 is 17.3 Å². The summed E-state index contributed by atoms with van der Waals surface area (Å²) in [5.74, 6) is 0.184. The Labute approximate surface area is 162 Å². The molecule has 0 aliphatic carbocycles. The number of carbonyl (C=O) groups is 2. The van der Waals surface area contributed by atoms with E-state index in [0.29, 0.717) is 25.2 Å². The first kappa shape index (κ1) is 19.4. The van der Waals surface area contributed by atoms with Crippen LogP contribution in [0.3, 0.4) is 0 Å². The van der Waals surface area contributed by atoms with Gasteiger partial charge in [-0.3, -0.25) is 14.0 Å². The van der Waals surface area contributed by atoms with Crippen molar-refractivity contribution in [1.29, 1.82) is 0 Å². The Morgan fingerprint density at radius 1 is 1.04 bits per heavy atom. The van der Waals surface area contributed by atoms with E-state index in [1.54, 1.807) is 43.0 Å². The van der Waals surface area contributed by atoms with Crippen molar-refractivity contribution in [3.05, 3.63) is 65.7 Å². The molecule has 0 saturated heterocycles. The van der Waals surface area contributed by atoms with Crippen LogP contribution in [0.15, 0.2) is 48.7 Å². The van der Waals surface area contributed by atoms with Gasteiger partial charge in [0.25, 0.3) is 11.8 Å². The van der Waals surface area contributed by atoms with Gasteiger partial charge in [0, 0.05) is 26.4 Å².